The number of aromatic nitrogens is 1. The minimum Gasteiger partial charge on any atom is -0.507 e. The molecular formula is C31H26ClN5O5. The molecule has 42 heavy (non-hydrogen) atoms. The number of benzene rings is 2. The Hall–Kier alpha value is -4.96. The number of nitrogens with one attached hydrogen (secondary N) is 3. The van der Waals surface area contributed by atoms with Gasteiger partial charge in [0.2, 0.25) is 5.91 Å². The number of allylic oxidation sites excluding steroid dienone is 2. The van der Waals surface area contributed by atoms with E-state index in [1.165, 1.54) is 6.08 Å². The van der Waals surface area contributed by atoms with Crippen LogP contribution in [-0.2, 0) is 33.1 Å². The number of phenols is 1. The first-order valence-corrected chi connectivity index (χ1v) is 14.0. The number of alkyl halides is 1. The first-order valence-electron chi connectivity index (χ1n) is 13.4. The largest absolute Gasteiger partial charge is 0.507 e. The zero-order valence-electron chi connectivity index (χ0n) is 22.4. The van der Waals surface area contributed by atoms with Crippen molar-refractivity contribution in [1.29, 1.82) is 0 Å². The lowest BCUT2D eigenvalue weighted by Crippen LogP contribution is -2.36. The molecule has 0 bridgehead atoms. The summed E-state index contributed by atoms with van der Waals surface area (Å²) < 4.78 is 0. The molecule has 4 amide bonds. The number of aromatic hydroxyl groups is 1. The maximum atomic E-state index is 13.7. The van der Waals surface area contributed by atoms with Gasteiger partial charge in [-0.1, -0.05) is 30.4 Å². The third-order valence-electron chi connectivity index (χ3n) is 7.55. The number of aromatic amines is 1. The van der Waals surface area contributed by atoms with Crippen LogP contribution < -0.4 is 26.1 Å². The smallest absolute Gasteiger partial charge is 0.275 e. The van der Waals surface area contributed by atoms with E-state index in [0.29, 0.717) is 36.3 Å². The number of carbonyl (C=O) groups is 4. The van der Waals surface area contributed by atoms with E-state index < -0.39 is 11.8 Å². The summed E-state index contributed by atoms with van der Waals surface area (Å²) >= 11 is 6.27. The van der Waals surface area contributed by atoms with Crippen molar-refractivity contribution in [3.05, 3.63) is 80.9 Å². The molecule has 11 heteroatoms. The van der Waals surface area contributed by atoms with Crippen LogP contribution >= 0.6 is 11.6 Å². The number of rotatable bonds is 8. The maximum absolute atomic E-state index is 13.7. The second-order valence-electron chi connectivity index (χ2n) is 10.2. The van der Waals surface area contributed by atoms with Crippen LogP contribution in [0.25, 0.3) is 23.1 Å². The Balaban J connectivity index is 1.13. The van der Waals surface area contributed by atoms with Gasteiger partial charge in [0.15, 0.2) is 0 Å². The summed E-state index contributed by atoms with van der Waals surface area (Å²) in [5, 5.41) is 19.8. The van der Waals surface area contributed by atoms with Crippen molar-refractivity contribution >= 4 is 70.2 Å². The van der Waals surface area contributed by atoms with Crippen molar-refractivity contribution in [3.8, 4) is 5.75 Å². The van der Waals surface area contributed by atoms with Crippen molar-refractivity contribution < 1.29 is 24.3 Å². The molecule has 3 heterocycles. The average molecular weight is 584 g/mol. The number of amides is 4. The van der Waals surface area contributed by atoms with Crippen molar-refractivity contribution in [2.75, 3.05) is 11.4 Å². The van der Waals surface area contributed by atoms with Gasteiger partial charge in [0.25, 0.3) is 17.7 Å². The van der Waals surface area contributed by atoms with Gasteiger partial charge in [0.05, 0.1) is 11.6 Å². The molecule has 0 radical (unpaired) electrons. The van der Waals surface area contributed by atoms with Crippen LogP contribution in [-0.4, -0.2) is 46.5 Å². The summed E-state index contributed by atoms with van der Waals surface area (Å²) in [4.78, 5) is 53.3. The van der Waals surface area contributed by atoms with Crippen LogP contribution in [0.1, 0.15) is 40.0 Å². The van der Waals surface area contributed by atoms with Crippen LogP contribution in [0.5, 0.6) is 5.75 Å². The molecule has 1 aromatic heterocycles. The highest BCUT2D eigenvalue weighted by Crippen LogP contribution is 2.33. The van der Waals surface area contributed by atoms with Crippen molar-refractivity contribution in [3.63, 3.8) is 0 Å². The molecule has 212 valence electrons. The van der Waals surface area contributed by atoms with E-state index in [1.54, 1.807) is 17.2 Å². The number of H-pyrrole nitrogens is 1. The molecule has 3 aliphatic rings. The lowest BCUT2D eigenvalue weighted by atomic mass is 9.96. The number of anilines is 1. The van der Waals surface area contributed by atoms with Crippen molar-refractivity contribution in [2.45, 2.75) is 31.6 Å². The Bertz CT molecular complexity index is 1900. The number of imide groups is 1. The van der Waals surface area contributed by atoms with Gasteiger partial charge in [-0.25, -0.2) is 5.43 Å². The molecule has 0 saturated heterocycles. The summed E-state index contributed by atoms with van der Waals surface area (Å²) in [7, 11) is 0. The lowest BCUT2D eigenvalue weighted by Gasteiger charge is -2.22. The molecule has 10 nitrogen and oxygen atoms in total. The van der Waals surface area contributed by atoms with Gasteiger partial charge in [0.1, 0.15) is 11.4 Å². The number of phenolic OH excluding ortho intramolecular Hbond substituents is 1. The Morgan fingerprint density at radius 1 is 1.19 bits per heavy atom. The highest BCUT2D eigenvalue weighted by atomic mass is 35.5. The fraction of sp³-hybridized carbons (Fsp3) is 0.194. The summed E-state index contributed by atoms with van der Waals surface area (Å²) in [6.07, 6.45) is 11.9. The van der Waals surface area contributed by atoms with E-state index in [9.17, 15) is 24.3 Å². The normalized spacial score (nSPS) is 15.4. The number of hydrazone groups is 1. The summed E-state index contributed by atoms with van der Waals surface area (Å²) in [5.74, 6) is -1.32. The van der Waals surface area contributed by atoms with Crippen molar-refractivity contribution in [1.82, 2.24) is 15.7 Å². The Morgan fingerprint density at radius 2 is 2.05 bits per heavy atom. The standard InChI is InChI=1S/C31H26ClN5O5/c32-16-23-28-21(20-3-1-2-4-22(20)29(23)40)10-12-37(28)31(42)25-14-19-13-17(5-7-24(19)34-25)9-11-33-36-26(38)8-6-18-15-27(39)35-30(18)41/h1-3,5,7,10-11,13-15,34,40H,4,6,8-9,12,16H2,(H,36,38)(H,35,39,41). The topological polar surface area (TPSA) is 144 Å². The molecule has 1 aliphatic carbocycles. The monoisotopic (exact) mass is 583 g/mol. The molecule has 4 N–H and O–H groups in total. The van der Waals surface area contributed by atoms with Crippen LogP contribution in [0, 0.1) is 0 Å². The molecule has 3 aromatic rings. The Morgan fingerprint density at radius 3 is 2.83 bits per heavy atom. The quantitative estimate of drug-likeness (QED) is 0.139. The highest BCUT2D eigenvalue weighted by molar-refractivity contribution is 6.18. The molecule has 0 saturated carbocycles. The van der Waals surface area contributed by atoms with Gasteiger partial charge >= 0.3 is 0 Å². The second kappa shape index (κ2) is 11.1. The van der Waals surface area contributed by atoms with Crippen LogP contribution in [0.3, 0.4) is 0 Å². The van der Waals surface area contributed by atoms with Gasteiger partial charge in [-0.15, -0.1) is 11.6 Å². The molecule has 6 rings (SSSR count). The van der Waals surface area contributed by atoms with Gasteiger partial charge in [-0.05, 0) is 41.8 Å². The van der Waals surface area contributed by atoms with E-state index in [4.69, 9.17) is 11.6 Å². The predicted octanol–water partition coefficient (Wildman–Crippen LogP) is 1.95. The minimum atomic E-state index is -0.473. The molecule has 2 aromatic carbocycles. The van der Waals surface area contributed by atoms with E-state index in [1.807, 2.05) is 42.5 Å². The van der Waals surface area contributed by atoms with Crippen LogP contribution in [0.15, 0.2) is 53.2 Å². The van der Waals surface area contributed by atoms with Crippen LogP contribution in [0.2, 0.25) is 0 Å². The Labute approximate surface area is 244 Å². The third-order valence-corrected chi connectivity index (χ3v) is 7.82. The average Bonchev–Trinajstić information content (AvgIpc) is 3.70. The van der Waals surface area contributed by atoms with E-state index >= 15 is 0 Å². The number of carbonyl (C=O) groups excluding carboxylic acids is 4. The lowest BCUT2D eigenvalue weighted by molar-refractivity contribution is -0.123. The summed E-state index contributed by atoms with van der Waals surface area (Å²) in [6.45, 7) is 0.372. The molecular weight excluding hydrogens is 558 g/mol. The molecule has 0 atom stereocenters. The summed E-state index contributed by atoms with van der Waals surface area (Å²) in [5.41, 5.74) is 6.86. The van der Waals surface area contributed by atoms with E-state index in [2.05, 4.69) is 20.8 Å². The molecule has 0 unspecified atom stereocenters. The molecule has 0 fully saturated rings. The number of hydrogen-bond acceptors (Lipinski definition) is 6. The number of hydrogen-bond donors (Lipinski definition) is 4. The van der Waals surface area contributed by atoms with Gasteiger partial charge in [-0.3, -0.25) is 24.5 Å². The zero-order valence-corrected chi connectivity index (χ0v) is 23.1. The Kier molecular flexibility index (Phi) is 7.22. The fourth-order valence-corrected chi connectivity index (χ4v) is 5.75. The molecule has 0 spiro atoms. The third kappa shape index (κ3) is 5.01. The minimum absolute atomic E-state index is 0.0268. The predicted molar refractivity (Wildman–Crippen MR) is 159 cm³/mol. The highest BCUT2D eigenvalue weighted by Gasteiger charge is 2.29. The fourth-order valence-electron chi connectivity index (χ4n) is 5.50. The van der Waals surface area contributed by atoms with Crippen molar-refractivity contribution in [2.24, 2.45) is 5.10 Å². The van der Waals surface area contributed by atoms with Gasteiger partial charge < -0.3 is 15.0 Å². The van der Waals surface area contributed by atoms with E-state index in [0.717, 1.165) is 32.5 Å². The number of halogens is 1. The summed E-state index contributed by atoms with van der Waals surface area (Å²) in [6, 6.07) is 7.52. The second-order valence-corrected chi connectivity index (χ2v) is 10.4. The van der Waals surface area contributed by atoms with E-state index in [-0.39, 0.29) is 41.9 Å². The number of nitrogens with zero attached hydrogens (tertiary/aromatic N) is 2. The number of fused-ring (bicyclic) bond motifs is 4. The molecule has 2 aliphatic heterocycles. The zero-order chi connectivity index (χ0) is 29.4. The van der Waals surface area contributed by atoms with Crippen LogP contribution in [0.4, 0.5) is 5.69 Å². The maximum Gasteiger partial charge on any atom is 0.275 e. The van der Waals surface area contributed by atoms with Gasteiger partial charge in [0, 0.05) is 64.5 Å². The first-order chi connectivity index (χ1) is 20.3. The SMILES string of the molecule is O=C1C=C(CCC(=O)NN=CCc2ccc3[nH]c(C(=O)N4CC=c5c4c(CCl)c(O)c4c5=CC=CC4)cc3c2)C(=O)N1. The first kappa shape index (κ1) is 27.2. The van der Waals surface area contributed by atoms with Gasteiger partial charge in [-0.2, -0.15) is 5.10 Å².